The van der Waals surface area contributed by atoms with Crippen LogP contribution in [0.2, 0.25) is 5.15 Å². The van der Waals surface area contributed by atoms with E-state index in [4.69, 9.17) is 17.3 Å². The SMILES string of the molecule is COC(=O)c1cc(/C(C=Nc2c(O)cc(C(F)(C(F)(F)F)C(F)(F)F)cc2Br)=C/N)cnc1Cl. The lowest BCUT2D eigenvalue weighted by Crippen LogP contribution is -2.50. The van der Waals surface area contributed by atoms with Crippen LogP contribution in [0.15, 0.2) is 40.1 Å². The van der Waals surface area contributed by atoms with E-state index < -0.39 is 45.5 Å². The number of alkyl halides is 7. The van der Waals surface area contributed by atoms with Gasteiger partial charge >= 0.3 is 24.0 Å². The second kappa shape index (κ2) is 9.78. The number of aromatic hydroxyl groups is 1. The Labute approximate surface area is 200 Å². The standard InChI is InChI=1S/C19H12BrClF7N3O3/c1-34-16(33)11-2-8(6-31-15(11)21)9(5-29)7-30-14-12(20)3-10(4-13(14)32)17(22,18(23,24)25)19(26,27)28/h2-7,32H,29H2,1H3/b9-5+,30-7?. The molecular weight excluding hydrogens is 567 g/mol. The number of allylic oxidation sites excluding steroid dienone is 1. The number of rotatable bonds is 5. The molecular formula is C19H12BrClF7N3O3. The highest BCUT2D eigenvalue weighted by molar-refractivity contribution is 9.10. The van der Waals surface area contributed by atoms with Crippen molar-refractivity contribution < 1.29 is 45.4 Å². The molecule has 0 saturated heterocycles. The average Bonchev–Trinajstić information content (AvgIpc) is 2.73. The number of methoxy groups -OCH3 is 1. The first-order valence-corrected chi connectivity index (χ1v) is 9.81. The van der Waals surface area contributed by atoms with Gasteiger partial charge in [-0.1, -0.05) is 11.6 Å². The van der Waals surface area contributed by atoms with E-state index in [1.165, 1.54) is 12.3 Å². The van der Waals surface area contributed by atoms with Crippen molar-refractivity contribution in [2.24, 2.45) is 10.7 Å². The molecule has 1 heterocycles. The summed E-state index contributed by atoms with van der Waals surface area (Å²) in [4.78, 5) is 19.3. The second-order valence-corrected chi connectivity index (χ2v) is 7.63. The summed E-state index contributed by atoms with van der Waals surface area (Å²) in [6, 6.07) is 1.38. The van der Waals surface area contributed by atoms with Crippen LogP contribution in [0.25, 0.3) is 5.57 Å². The number of nitrogens with two attached hydrogens (primary N) is 1. The Morgan fingerprint density at radius 1 is 1.18 bits per heavy atom. The minimum Gasteiger partial charge on any atom is -0.506 e. The molecule has 0 saturated carbocycles. The average molecular weight is 579 g/mol. The fourth-order valence-electron chi connectivity index (χ4n) is 2.61. The summed E-state index contributed by atoms with van der Waals surface area (Å²) >= 11 is 8.51. The van der Waals surface area contributed by atoms with Crippen LogP contribution in [0.5, 0.6) is 5.75 Å². The zero-order valence-corrected chi connectivity index (χ0v) is 18.9. The number of phenols is 1. The fraction of sp³-hybridized carbons (Fsp3) is 0.211. The molecule has 2 aromatic rings. The zero-order valence-electron chi connectivity index (χ0n) is 16.6. The van der Waals surface area contributed by atoms with Gasteiger partial charge in [0.1, 0.15) is 16.6 Å². The van der Waals surface area contributed by atoms with Crippen molar-refractivity contribution in [2.45, 2.75) is 18.0 Å². The molecule has 0 bridgehead atoms. The maximum Gasteiger partial charge on any atom is 0.435 e. The minimum absolute atomic E-state index is 0.0382. The molecule has 0 atom stereocenters. The third-order valence-electron chi connectivity index (χ3n) is 4.31. The number of ether oxygens (including phenoxy) is 1. The summed E-state index contributed by atoms with van der Waals surface area (Å²) in [5.74, 6) is -2.02. The largest absolute Gasteiger partial charge is 0.506 e. The Balaban J connectivity index is 2.53. The van der Waals surface area contributed by atoms with E-state index in [-0.39, 0.29) is 34.0 Å². The Bertz CT molecular complexity index is 1130. The predicted molar refractivity (Wildman–Crippen MR) is 112 cm³/mol. The number of phenolic OH excluding ortho intramolecular Hbond substituents is 1. The molecule has 184 valence electrons. The number of halogens is 9. The van der Waals surface area contributed by atoms with Gasteiger partial charge in [-0.25, -0.2) is 14.2 Å². The zero-order chi connectivity index (χ0) is 26.1. The van der Waals surface area contributed by atoms with Crippen molar-refractivity contribution in [3.63, 3.8) is 0 Å². The molecule has 0 fully saturated rings. The predicted octanol–water partition coefficient (Wildman–Crippen LogP) is 5.98. The van der Waals surface area contributed by atoms with Crippen LogP contribution in [0, 0.1) is 0 Å². The molecule has 0 radical (unpaired) electrons. The van der Waals surface area contributed by atoms with E-state index in [1.54, 1.807) is 0 Å². The van der Waals surface area contributed by atoms with E-state index in [1.807, 2.05) is 0 Å². The number of hydrogen-bond donors (Lipinski definition) is 2. The normalized spacial score (nSPS) is 13.4. The van der Waals surface area contributed by atoms with Crippen LogP contribution in [-0.2, 0) is 10.4 Å². The molecule has 0 unspecified atom stereocenters. The van der Waals surface area contributed by atoms with Gasteiger partial charge in [-0.3, -0.25) is 4.99 Å². The lowest BCUT2D eigenvalue weighted by Gasteiger charge is -2.30. The maximum atomic E-state index is 14.3. The number of aliphatic imine (C=N–C) groups is 1. The van der Waals surface area contributed by atoms with Gasteiger partial charge < -0.3 is 15.6 Å². The van der Waals surface area contributed by atoms with Crippen molar-refractivity contribution in [1.29, 1.82) is 0 Å². The van der Waals surface area contributed by atoms with E-state index in [0.717, 1.165) is 19.5 Å². The molecule has 15 heteroatoms. The molecule has 3 N–H and O–H groups in total. The molecule has 0 amide bonds. The van der Waals surface area contributed by atoms with Crippen molar-refractivity contribution in [1.82, 2.24) is 4.98 Å². The van der Waals surface area contributed by atoms with E-state index in [9.17, 15) is 40.6 Å². The number of nitrogens with zero attached hydrogens (tertiary/aromatic N) is 2. The number of aromatic nitrogens is 1. The molecule has 2 rings (SSSR count). The van der Waals surface area contributed by atoms with Crippen LogP contribution < -0.4 is 5.73 Å². The quantitative estimate of drug-likeness (QED) is 0.197. The summed E-state index contributed by atoms with van der Waals surface area (Å²) in [6.45, 7) is 0. The third kappa shape index (κ3) is 5.12. The third-order valence-corrected chi connectivity index (χ3v) is 5.22. The second-order valence-electron chi connectivity index (χ2n) is 6.41. The Morgan fingerprint density at radius 2 is 1.76 bits per heavy atom. The molecule has 0 aliphatic heterocycles. The summed E-state index contributed by atoms with van der Waals surface area (Å²) in [5.41, 5.74) is -2.60. The van der Waals surface area contributed by atoms with Gasteiger partial charge in [0.05, 0.1) is 12.7 Å². The molecule has 0 spiro atoms. The number of carbonyl (C=O) groups excluding carboxylic acids is 1. The van der Waals surface area contributed by atoms with E-state index in [2.05, 4.69) is 30.6 Å². The Hall–Kier alpha value is -2.87. The van der Waals surface area contributed by atoms with Crippen LogP contribution in [0.4, 0.5) is 36.4 Å². The molecule has 34 heavy (non-hydrogen) atoms. The number of pyridine rings is 1. The van der Waals surface area contributed by atoms with Gasteiger partial charge in [0, 0.05) is 39.8 Å². The van der Waals surface area contributed by atoms with Gasteiger partial charge in [0.25, 0.3) is 0 Å². The van der Waals surface area contributed by atoms with Crippen LogP contribution in [-0.4, -0.2) is 41.7 Å². The van der Waals surface area contributed by atoms with Crippen molar-refractivity contribution in [3.8, 4) is 5.75 Å². The highest BCUT2D eigenvalue weighted by atomic mass is 79.9. The minimum atomic E-state index is -6.36. The van der Waals surface area contributed by atoms with Crippen molar-refractivity contribution in [2.75, 3.05) is 7.11 Å². The van der Waals surface area contributed by atoms with Crippen molar-refractivity contribution in [3.05, 3.63) is 56.9 Å². The van der Waals surface area contributed by atoms with E-state index >= 15 is 0 Å². The Morgan fingerprint density at radius 3 is 2.24 bits per heavy atom. The summed E-state index contributed by atoms with van der Waals surface area (Å²) < 4.78 is 96.2. The smallest absolute Gasteiger partial charge is 0.435 e. The number of esters is 1. The molecule has 1 aromatic carbocycles. The van der Waals surface area contributed by atoms with Crippen LogP contribution in [0.1, 0.15) is 21.5 Å². The van der Waals surface area contributed by atoms with Crippen LogP contribution in [0.3, 0.4) is 0 Å². The molecule has 0 aliphatic rings. The number of carbonyl (C=O) groups is 1. The molecule has 0 aliphatic carbocycles. The fourth-order valence-corrected chi connectivity index (χ4v) is 3.34. The Kier molecular flexibility index (Phi) is 7.87. The first-order chi connectivity index (χ1) is 15.6. The molecule has 6 nitrogen and oxygen atoms in total. The van der Waals surface area contributed by atoms with Gasteiger partial charge in [0.15, 0.2) is 0 Å². The van der Waals surface area contributed by atoms with Crippen molar-refractivity contribution >= 4 is 51.0 Å². The molecule has 1 aromatic heterocycles. The first kappa shape index (κ1) is 27.4. The van der Waals surface area contributed by atoms with Gasteiger partial charge in [-0.15, -0.1) is 0 Å². The summed E-state index contributed by atoms with van der Waals surface area (Å²) in [7, 11) is 1.10. The maximum absolute atomic E-state index is 14.3. The van der Waals surface area contributed by atoms with Gasteiger partial charge in [-0.05, 0) is 34.1 Å². The van der Waals surface area contributed by atoms with Gasteiger partial charge in [0.2, 0.25) is 0 Å². The highest BCUT2D eigenvalue weighted by Crippen LogP contribution is 2.55. The lowest BCUT2D eigenvalue weighted by molar-refractivity contribution is -0.348. The first-order valence-electron chi connectivity index (χ1n) is 8.64. The lowest BCUT2D eigenvalue weighted by atomic mass is 9.93. The topological polar surface area (TPSA) is 97.8 Å². The number of hydrogen-bond acceptors (Lipinski definition) is 6. The van der Waals surface area contributed by atoms with Gasteiger partial charge in [-0.2, -0.15) is 26.3 Å². The monoisotopic (exact) mass is 577 g/mol. The number of benzene rings is 1. The summed E-state index contributed by atoms with van der Waals surface area (Å²) in [6.07, 6.45) is -9.61. The van der Waals surface area contributed by atoms with E-state index in [0.29, 0.717) is 0 Å². The highest BCUT2D eigenvalue weighted by Gasteiger charge is 2.73. The van der Waals surface area contributed by atoms with Crippen LogP contribution >= 0.6 is 27.5 Å². The summed E-state index contributed by atoms with van der Waals surface area (Å²) in [5, 5.41) is 9.83.